The molecule has 0 fully saturated rings. The molecule has 156 valence electrons. The highest BCUT2D eigenvalue weighted by molar-refractivity contribution is 5.93. The average molecular weight is 408 g/mol. The van der Waals surface area contributed by atoms with Gasteiger partial charge in [-0.2, -0.15) is 13.2 Å². The Morgan fingerprint density at radius 1 is 1.14 bits per heavy atom. The number of benzene rings is 2. The molecule has 2 aromatic carbocycles. The second-order valence-electron chi connectivity index (χ2n) is 6.83. The zero-order chi connectivity index (χ0) is 20.9. The van der Waals surface area contributed by atoms with E-state index in [9.17, 15) is 18.0 Å². The van der Waals surface area contributed by atoms with Gasteiger partial charge in [0.2, 0.25) is 5.91 Å². The van der Waals surface area contributed by atoms with Crippen molar-refractivity contribution in [3.05, 3.63) is 59.2 Å². The second-order valence-corrected chi connectivity index (χ2v) is 6.83. The molecule has 0 radical (unpaired) electrons. The van der Waals surface area contributed by atoms with Crippen molar-refractivity contribution in [2.45, 2.75) is 19.1 Å². The van der Waals surface area contributed by atoms with E-state index in [0.717, 1.165) is 24.1 Å². The number of halogens is 3. The van der Waals surface area contributed by atoms with Gasteiger partial charge in [0.05, 0.1) is 24.4 Å². The first kappa shape index (κ1) is 21.1. The molecule has 0 saturated carbocycles. The van der Waals surface area contributed by atoms with Gasteiger partial charge in [-0.1, -0.05) is 24.3 Å². The van der Waals surface area contributed by atoms with Crippen LogP contribution in [-0.2, 0) is 28.7 Å². The Kier molecular flexibility index (Phi) is 6.76. The zero-order valence-electron chi connectivity index (χ0n) is 16.1. The van der Waals surface area contributed by atoms with Crippen molar-refractivity contribution in [1.29, 1.82) is 0 Å². The van der Waals surface area contributed by atoms with Crippen LogP contribution in [0.25, 0.3) is 0 Å². The Bertz CT molecular complexity index is 855. The predicted molar refractivity (Wildman–Crippen MR) is 103 cm³/mol. The smallest absolute Gasteiger partial charge is 0.416 e. The summed E-state index contributed by atoms with van der Waals surface area (Å²) in [5.41, 5.74) is 1.57. The largest absolute Gasteiger partial charge is 0.489 e. The first-order valence-corrected chi connectivity index (χ1v) is 9.29. The minimum atomic E-state index is -4.51. The van der Waals surface area contributed by atoms with E-state index in [4.69, 9.17) is 9.47 Å². The third-order valence-electron chi connectivity index (χ3n) is 4.70. The summed E-state index contributed by atoms with van der Waals surface area (Å²) in [6.07, 6.45) is -3.68. The Hall–Kier alpha value is -2.58. The van der Waals surface area contributed by atoms with E-state index in [1.54, 1.807) is 0 Å². The molecule has 0 aromatic heterocycles. The Balaban J connectivity index is 1.69. The van der Waals surface area contributed by atoms with Gasteiger partial charge in [0, 0.05) is 20.2 Å². The number of carbonyl (C=O) groups is 1. The lowest BCUT2D eigenvalue weighted by Gasteiger charge is -2.28. The van der Waals surface area contributed by atoms with Crippen molar-refractivity contribution in [1.82, 2.24) is 4.90 Å². The fourth-order valence-corrected chi connectivity index (χ4v) is 3.25. The Morgan fingerprint density at radius 3 is 2.62 bits per heavy atom. The van der Waals surface area contributed by atoms with Crippen LogP contribution in [0.15, 0.2) is 42.5 Å². The summed E-state index contributed by atoms with van der Waals surface area (Å²) in [7, 11) is 1.50. The highest BCUT2D eigenvalue weighted by Crippen LogP contribution is 2.35. The summed E-state index contributed by atoms with van der Waals surface area (Å²) in [4.78, 5) is 14.5. The van der Waals surface area contributed by atoms with Crippen molar-refractivity contribution in [2.75, 3.05) is 38.7 Å². The van der Waals surface area contributed by atoms with Crippen LogP contribution >= 0.6 is 0 Å². The third-order valence-corrected chi connectivity index (χ3v) is 4.70. The number of anilines is 1. The van der Waals surface area contributed by atoms with Crippen molar-refractivity contribution in [2.24, 2.45) is 0 Å². The summed E-state index contributed by atoms with van der Waals surface area (Å²) in [6, 6.07) is 11.1. The molecule has 0 atom stereocenters. The minimum absolute atomic E-state index is 0.00154. The van der Waals surface area contributed by atoms with Crippen LogP contribution in [0.5, 0.6) is 5.75 Å². The van der Waals surface area contributed by atoms with Gasteiger partial charge < -0.3 is 14.8 Å². The van der Waals surface area contributed by atoms with Crippen molar-refractivity contribution < 1.29 is 27.4 Å². The van der Waals surface area contributed by atoms with Crippen LogP contribution < -0.4 is 10.1 Å². The average Bonchev–Trinajstić information content (AvgIpc) is 2.68. The van der Waals surface area contributed by atoms with E-state index in [1.165, 1.54) is 18.7 Å². The van der Waals surface area contributed by atoms with Gasteiger partial charge in [-0.15, -0.1) is 0 Å². The number of fused-ring (bicyclic) bond motifs is 1. The quantitative estimate of drug-likeness (QED) is 0.710. The fraction of sp³-hybridized carbons (Fsp3) is 0.381. The molecule has 0 saturated heterocycles. The molecule has 1 amide bonds. The number of methoxy groups -OCH3 is 1. The maximum Gasteiger partial charge on any atom is 0.416 e. The second kappa shape index (κ2) is 9.28. The number of nitrogens with zero attached hydrogens (tertiary/aromatic N) is 1. The Morgan fingerprint density at radius 2 is 1.90 bits per heavy atom. The van der Waals surface area contributed by atoms with Gasteiger partial charge in [0.15, 0.2) is 0 Å². The summed E-state index contributed by atoms with van der Waals surface area (Å²) < 4.78 is 49.6. The standard InChI is InChI=1S/C21H23F3N2O3/c1-28-10-11-29-19-7-6-17(21(22,23)24)12-18(19)25-20(27)14-26-9-8-15-4-2-3-5-16(15)13-26/h2-7,12H,8-11,13-14H2,1H3,(H,25,27). The fourth-order valence-electron chi connectivity index (χ4n) is 3.25. The van der Waals surface area contributed by atoms with Gasteiger partial charge in [-0.3, -0.25) is 9.69 Å². The SMILES string of the molecule is COCCOc1ccc(C(F)(F)F)cc1NC(=O)CN1CCc2ccccc2C1. The molecule has 29 heavy (non-hydrogen) atoms. The molecular weight excluding hydrogens is 385 g/mol. The lowest BCUT2D eigenvalue weighted by molar-refractivity contribution is -0.137. The number of hydrogen-bond acceptors (Lipinski definition) is 4. The first-order valence-electron chi connectivity index (χ1n) is 9.29. The van der Waals surface area contributed by atoms with Gasteiger partial charge in [0.25, 0.3) is 0 Å². The maximum absolute atomic E-state index is 13.1. The number of ether oxygens (including phenoxy) is 2. The molecule has 0 bridgehead atoms. The van der Waals surface area contributed by atoms with Crippen LogP contribution in [-0.4, -0.2) is 44.2 Å². The molecule has 0 unspecified atom stereocenters. The summed E-state index contributed by atoms with van der Waals surface area (Å²) >= 11 is 0. The van der Waals surface area contributed by atoms with E-state index < -0.39 is 11.7 Å². The van der Waals surface area contributed by atoms with Crippen molar-refractivity contribution >= 4 is 11.6 Å². The zero-order valence-corrected chi connectivity index (χ0v) is 16.1. The molecule has 1 aliphatic rings. The summed E-state index contributed by atoms with van der Waals surface area (Å²) in [5, 5.41) is 2.57. The lowest BCUT2D eigenvalue weighted by Crippen LogP contribution is -2.37. The van der Waals surface area contributed by atoms with E-state index in [1.807, 2.05) is 23.1 Å². The Labute approximate surface area is 167 Å². The third kappa shape index (κ3) is 5.71. The van der Waals surface area contributed by atoms with Crippen molar-refractivity contribution in [3.8, 4) is 5.75 Å². The summed E-state index contributed by atoms with van der Waals surface area (Å²) in [6.45, 7) is 1.87. The monoisotopic (exact) mass is 408 g/mol. The normalized spacial score (nSPS) is 14.3. The van der Waals surface area contributed by atoms with E-state index in [0.29, 0.717) is 13.1 Å². The molecule has 1 N–H and O–H groups in total. The molecule has 2 aromatic rings. The van der Waals surface area contributed by atoms with E-state index in [-0.39, 0.29) is 37.1 Å². The molecule has 8 heteroatoms. The molecular formula is C21H23F3N2O3. The lowest BCUT2D eigenvalue weighted by atomic mass is 10.00. The molecule has 0 spiro atoms. The van der Waals surface area contributed by atoms with Crippen molar-refractivity contribution in [3.63, 3.8) is 0 Å². The first-order chi connectivity index (χ1) is 13.9. The molecule has 1 heterocycles. The van der Waals surface area contributed by atoms with Crippen LogP contribution in [0.2, 0.25) is 0 Å². The van der Waals surface area contributed by atoms with Gasteiger partial charge in [0.1, 0.15) is 12.4 Å². The van der Waals surface area contributed by atoms with Crippen LogP contribution in [0.4, 0.5) is 18.9 Å². The topological polar surface area (TPSA) is 50.8 Å². The number of amides is 1. The van der Waals surface area contributed by atoms with Gasteiger partial charge >= 0.3 is 6.18 Å². The molecule has 5 nitrogen and oxygen atoms in total. The maximum atomic E-state index is 13.1. The van der Waals surface area contributed by atoms with E-state index >= 15 is 0 Å². The minimum Gasteiger partial charge on any atom is -0.489 e. The number of rotatable bonds is 7. The molecule has 3 rings (SSSR count). The van der Waals surface area contributed by atoms with E-state index in [2.05, 4.69) is 11.4 Å². The van der Waals surface area contributed by atoms with Crippen LogP contribution in [0.1, 0.15) is 16.7 Å². The van der Waals surface area contributed by atoms with Crippen LogP contribution in [0, 0.1) is 0 Å². The molecule has 0 aliphatic carbocycles. The van der Waals surface area contributed by atoms with Crippen LogP contribution in [0.3, 0.4) is 0 Å². The number of alkyl halides is 3. The number of nitrogens with one attached hydrogen (secondary N) is 1. The predicted octanol–water partition coefficient (Wildman–Crippen LogP) is 3.73. The van der Waals surface area contributed by atoms with Gasteiger partial charge in [-0.25, -0.2) is 0 Å². The highest BCUT2D eigenvalue weighted by atomic mass is 19.4. The number of hydrogen-bond donors (Lipinski definition) is 1. The molecule has 1 aliphatic heterocycles. The van der Waals surface area contributed by atoms with Gasteiger partial charge in [-0.05, 0) is 35.7 Å². The highest BCUT2D eigenvalue weighted by Gasteiger charge is 2.31. The summed E-state index contributed by atoms with van der Waals surface area (Å²) in [5.74, 6) is -0.215. The number of carbonyl (C=O) groups excluding carboxylic acids is 1.